The molecular weight excluding hydrogens is 482 g/mol. The Morgan fingerprint density at radius 1 is 1.05 bits per heavy atom. The summed E-state index contributed by atoms with van der Waals surface area (Å²) in [6.45, 7) is 1.74. The maximum atomic E-state index is 14.1. The highest BCUT2D eigenvalue weighted by Gasteiger charge is 2.36. The fourth-order valence-electron chi connectivity index (χ4n) is 5.69. The summed E-state index contributed by atoms with van der Waals surface area (Å²) < 4.78 is 12.4. The number of para-hydroxylation sites is 1. The van der Waals surface area contributed by atoms with Crippen molar-refractivity contribution in [1.82, 2.24) is 14.8 Å². The molecule has 1 N–H and O–H groups in total. The fraction of sp³-hybridized carbons (Fsp3) is 0.233. The molecule has 0 bridgehead atoms. The molecule has 0 fully saturated rings. The van der Waals surface area contributed by atoms with Crippen molar-refractivity contribution in [2.75, 3.05) is 27.4 Å². The van der Waals surface area contributed by atoms with E-state index in [1.807, 2.05) is 23.1 Å². The molecule has 0 saturated heterocycles. The number of hydrogen-bond donors (Lipinski definition) is 1. The Hall–Kier alpha value is -3.81. The number of carbonyl (C=O) groups is 1. The van der Waals surface area contributed by atoms with Crippen molar-refractivity contribution in [2.24, 2.45) is 0 Å². The van der Waals surface area contributed by atoms with Crippen LogP contribution in [-0.4, -0.2) is 48.1 Å². The molecule has 186 valence electrons. The molecule has 7 rings (SSSR count). The zero-order chi connectivity index (χ0) is 25.1. The molecule has 2 aliphatic heterocycles. The normalized spacial score (nSPS) is 16.6. The molecule has 2 aliphatic rings. The highest BCUT2D eigenvalue weighted by atomic mass is 32.1. The highest BCUT2D eigenvalue weighted by molar-refractivity contribution is 7.20. The number of H-pyrrole nitrogens is 1. The van der Waals surface area contributed by atoms with E-state index in [-0.39, 0.29) is 18.7 Å². The van der Waals surface area contributed by atoms with Crippen molar-refractivity contribution in [1.29, 1.82) is 0 Å². The molecule has 3 aromatic carbocycles. The van der Waals surface area contributed by atoms with Crippen LogP contribution in [0.2, 0.25) is 0 Å². The lowest BCUT2D eigenvalue weighted by Crippen LogP contribution is -2.40. The zero-order valence-electron chi connectivity index (χ0n) is 20.8. The SMILES string of the molecule is CN(C)Cc1ccc2sc(C(=O)N3CCc4c([nH]c5ccccc45)C3c3ccc4c(c3)OCO4)cc2c1. The molecule has 0 aliphatic carbocycles. The average Bonchev–Trinajstić information content (AvgIpc) is 3.63. The minimum absolute atomic E-state index is 0.0577. The van der Waals surface area contributed by atoms with Gasteiger partial charge in [-0.15, -0.1) is 11.3 Å². The van der Waals surface area contributed by atoms with Gasteiger partial charge in [0.15, 0.2) is 11.5 Å². The molecule has 7 heteroatoms. The van der Waals surface area contributed by atoms with E-state index in [1.54, 1.807) is 11.3 Å². The number of thiophene rings is 1. The molecule has 4 heterocycles. The first kappa shape index (κ1) is 22.4. The van der Waals surface area contributed by atoms with Crippen molar-refractivity contribution >= 4 is 38.2 Å². The van der Waals surface area contributed by atoms with E-state index < -0.39 is 0 Å². The third-order valence-electron chi connectivity index (χ3n) is 7.30. The maximum Gasteiger partial charge on any atom is 0.264 e. The van der Waals surface area contributed by atoms with Crippen LogP contribution in [0.1, 0.15) is 38.1 Å². The van der Waals surface area contributed by atoms with Crippen LogP contribution in [0.15, 0.2) is 66.7 Å². The summed E-state index contributed by atoms with van der Waals surface area (Å²) in [4.78, 5) is 22.7. The molecule has 1 unspecified atom stereocenters. The summed E-state index contributed by atoms with van der Waals surface area (Å²) in [5, 5.41) is 2.35. The van der Waals surface area contributed by atoms with Crippen LogP contribution < -0.4 is 9.47 Å². The van der Waals surface area contributed by atoms with E-state index in [9.17, 15) is 4.79 Å². The lowest BCUT2D eigenvalue weighted by molar-refractivity contribution is 0.0697. The Morgan fingerprint density at radius 3 is 2.81 bits per heavy atom. The van der Waals surface area contributed by atoms with Crippen LogP contribution in [0.4, 0.5) is 0 Å². The molecule has 6 nitrogen and oxygen atoms in total. The van der Waals surface area contributed by atoms with E-state index >= 15 is 0 Å². The number of nitrogens with zero attached hydrogens (tertiary/aromatic N) is 2. The Bertz CT molecular complexity index is 1670. The standard InChI is InChI=1S/C30H27N3O3S/c1-32(2)16-18-7-10-26-20(13-18)15-27(37-26)30(34)33-12-11-22-21-5-3-4-6-23(21)31-28(22)29(33)19-8-9-24-25(14-19)36-17-35-24/h3-10,13-15,29,31H,11-12,16-17H2,1-2H3. The second-order valence-electron chi connectivity index (χ2n) is 10.0. The minimum Gasteiger partial charge on any atom is -0.454 e. The first-order valence-electron chi connectivity index (χ1n) is 12.5. The fourth-order valence-corrected chi connectivity index (χ4v) is 6.69. The second-order valence-corrected chi connectivity index (χ2v) is 11.1. The smallest absolute Gasteiger partial charge is 0.264 e. The lowest BCUT2D eigenvalue weighted by atomic mass is 9.92. The van der Waals surface area contributed by atoms with Gasteiger partial charge in [-0.25, -0.2) is 0 Å². The van der Waals surface area contributed by atoms with Gasteiger partial charge in [0.25, 0.3) is 5.91 Å². The summed E-state index contributed by atoms with van der Waals surface area (Å²) in [6.07, 6.45) is 0.810. The third kappa shape index (κ3) is 3.77. The Kier molecular flexibility index (Phi) is 5.23. The summed E-state index contributed by atoms with van der Waals surface area (Å²) in [5.74, 6) is 1.53. The van der Waals surface area contributed by atoms with Crippen LogP contribution in [0.3, 0.4) is 0 Å². The van der Waals surface area contributed by atoms with Gasteiger partial charge in [-0.3, -0.25) is 4.79 Å². The van der Waals surface area contributed by atoms with Crippen molar-refractivity contribution in [3.8, 4) is 11.5 Å². The zero-order valence-corrected chi connectivity index (χ0v) is 21.6. The molecule has 2 aromatic heterocycles. The topological polar surface area (TPSA) is 57.8 Å². The molecule has 0 saturated carbocycles. The summed E-state index contributed by atoms with van der Waals surface area (Å²) in [6, 6.07) is 22.7. The maximum absolute atomic E-state index is 14.1. The molecule has 0 spiro atoms. The average molecular weight is 510 g/mol. The first-order chi connectivity index (χ1) is 18.0. The van der Waals surface area contributed by atoms with Crippen LogP contribution in [0, 0.1) is 0 Å². The van der Waals surface area contributed by atoms with Gasteiger partial charge >= 0.3 is 0 Å². The monoisotopic (exact) mass is 509 g/mol. The van der Waals surface area contributed by atoms with Crippen LogP contribution in [0.25, 0.3) is 21.0 Å². The molecule has 5 aromatic rings. The third-order valence-corrected chi connectivity index (χ3v) is 8.40. The quantitative estimate of drug-likeness (QED) is 0.325. The number of aromatic amines is 1. The number of amides is 1. The Morgan fingerprint density at radius 2 is 1.92 bits per heavy atom. The van der Waals surface area contributed by atoms with Crippen molar-refractivity contribution < 1.29 is 14.3 Å². The van der Waals surface area contributed by atoms with Crippen LogP contribution >= 0.6 is 11.3 Å². The van der Waals surface area contributed by atoms with Gasteiger partial charge in [0.05, 0.1) is 10.9 Å². The van der Waals surface area contributed by atoms with E-state index in [4.69, 9.17) is 9.47 Å². The Balaban J connectivity index is 1.32. The number of rotatable bonds is 4. The van der Waals surface area contributed by atoms with Crippen LogP contribution in [0.5, 0.6) is 11.5 Å². The predicted octanol–water partition coefficient (Wildman–Crippen LogP) is 5.96. The van der Waals surface area contributed by atoms with Crippen molar-refractivity contribution in [3.05, 3.63) is 94.0 Å². The van der Waals surface area contributed by atoms with Gasteiger partial charge in [-0.05, 0) is 79.0 Å². The lowest BCUT2D eigenvalue weighted by Gasteiger charge is -2.36. The number of aromatic nitrogens is 1. The van der Waals surface area contributed by atoms with E-state index in [2.05, 4.69) is 72.5 Å². The number of hydrogen-bond acceptors (Lipinski definition) is 5. The van der Waals surface area contributed by atoms with Gasteiger partial charge in [-0.1, -0.05) is 30.3 Å². The molecule has 37 heavy (non-hydrogen) atoms. The van der Waals surface area contributed by atoms with Gasteiger partial charge in [-0.2, -0.15) is 0 Å². The number of fused-ring (bicyclic) bond motifs is 5. The summed E-state index contributed by atoms with van der Waals surface area (Å²) in [7, 11) is 4.13. The first-order valence-corrected chi connectivity index (χ1v) is 13.3. The van der Waals surface area contributed by atoms with Crippen LogP contribution in [-0.2, 0) is 13.0 Å². The predicted molar refractivity (Wildman–Crippen MR) is 147 cm³/mol. The summed E-state index contributed by atoms with van der Waals surface area (Å²) in [5.41, 5.74) is 5.72. The van der Waals surface area contributed by atoms with E-state index in [0.29, 0.717) is 6.54 Å². The molecule has 1 amide bonds. The largest absolute Gasteiger partial charge is 0.454 e. The molecule has 0 radical (unpaired) electrons. The van der Waals surface area contributed by atoms with Crippen molar-refractivity contribution in [3.63, 3.8) is 0 Å². The number of benzene rings is 3. The number of ether oxygens (including phenoxy) is 2. The van der Waals surface area contributed by atoms with Gasteiger partial charge < -0.3 is 24.3 Å². The van der Waals surface area contributed by atoms with Gasteiger partial charge in [0.1, 0.15) is 0 Å². The Labute approximate surface area is 219 Å². The molecular formula is C30H27N3O3S. The van der Waals surface area contributed by atoms with Crippen molar-refractivity contribution in [2.45, 2.75) is 19.0 Å². The number of nitrogens with one attached hydrogen (secondary N) is 1. The molecule has 1 atom stereocenters. The highest BCUT2D eigenvalue weighted by Crippen LogP contribution is 2.43. The van der Waals surface area contributed by atoms with Gasteiger partial charge in [0.2, 0.25) is 6.79 Å². The number of carbonyl (C=O) groups excluding carboxylic acids is 1. The summed E-state index contributed by atoms with van der Waals surface area (Å²) >= 11 is 1.57. The van der Waals surface area contributed by atoms with E-state index in [1.165, 1.54) is 16.5 Å². The van der Waals surface area contributed by atoms with Gasteiger partial charge in [0, 0.05) is 34.4 Å². The minimum atomic E-state index is -0.243. The second kappa shape index (κ2) is 8.64. The van der Waals surface area contributed by atoms with E-state index in [0.717, 1.165) is 56.2 Å².